The number of hydrogen-bond acceptors (Lipinski definition) is 3. The highest BCUT2D eigenvalue weighted by Gasteiger charge is 2.22. The van der Waals surface area contributed by atoms with Crippen LogP contribution in [0.15, 0.2) is 11.0 Å². The van der Waals surface area contributed by atoms with Crippen LogP contribution in [0.4, 0.5) is 0 Å². The summed E-state index contributed by atoms with van der Waals surface area (Å²) in [5, 5.41) is 0.618. The van der Waals surface area contributed by atoms with Crippen molar-refractivity contribution in [3.8, 4) is 0 Å². The molecule has 0 amide bonds. The molecule has 2 rings (SSSR count). The minimum atomic E-state index is 0.285. The molecule has 0 N–H and O–H groups in total. The Morgan fingerprint density at radius 2 is 2.27 bits per heavy atom. The van der Waals surface area contributed by atoms with Crippen molar-refractivity contribution in [3.05, 3.63) is 11.0 Å². The van der Waals surface area contributed by atoms with Crippen LogP contribution in [0.3, 0.4) is 0 Å². The molecule has 1 fully saturated rings. The first-order chi connectivity index (χ1) is 5.34. The fourth-order valence-corrected chi connectivity index (χ4v) is 2.34. The minimum absolute atomic E-state index is 0.285. The van der Waals surface area contributed by atoms with Crippen LogP contribution < -0.4 is 0 Å². The molecule has 0 unspecified atom stereocenters. The molecule has 0 aromatic heterocycles. The highest BCUT2D eigenvalue weighted by molar-refractivity contribution is 8.03. The van der Waals surface area contributed by atoms with E-state index in [1.165, 1.54) is 4.91 Å². The number of rotatable bonds is 2. The van der Waals surface area contributed by atoms with Crippen molar-refractivity contribution in [2.24, 2.45) is 0 Å². The number of allylic oxidation sites excluding steroid dienone is 2. The predicted molar refractivity (Wildman–Crippen MR) is 44.5 cm³/mol. The van der Waals surface area contributed by atoms with Crippen molar-refractivity contribution in [2.75, 3.05) is 13.2 Å². The Hall–Kier alpha value is -0.280. The van der Waals surface area contributed by atoms with Gasteiger partial charge in [-0.05, 0) is 17.4 Å². The van der Waals surface area contributed by atoms with Gasteiger partial charge in [0, 0.05) is 6.42 Å². The SMILES string of the molecule is O=C1C=C(SC2COC2)CC1. The third-order valence-electron chi connectivity index (χ3n) is 1.87. The highest BCUT2D eigenvalue weighted by atomic mass is 32.2. The summed E-state index contributed by atoms with van der Waals surface area (Å²) in [6.45, 7) is 1.71. The fraction of sp³-hybridized carbons (Fsp3) is 0.625. The van der Waals surface area contributed by atoms with E-state index in [1.807, 2.05) is 11.8 Å². The Balaban J connectivity index is 1.85. The van der Waals surface area contributed by atoms with Gasteiger partial charge in [0.15, 0.2) is 5.78 Å². The van der Waals surface area contributed by atoms with Crippen molar-refractivity contribution in [1.29, 1.82) is 0 Å². The van der Waals surface area contributed by atoms with E-state index in [4.69, 9.17) is 4.74 Å². The topological polar surface area (TPSA) is 26.3 Å². The second-order valence-electron chi connectivity index (χ2n) is 2.85. The molecule has 0 aromatic rings. The molecule has 11 heavy (non-hydrogen) atoms. The molecule has 3 heteroatoms. The standard InChI is InChI=1S/C8H10O2S/c9-6-1-2-7(3-6)11-8-4-10-5-8/h3,8H,1-2,4-5H2. The summed E-state index contributed by atoms with van der Waals surface area (Å²) in [7, 11) is 0. The summed E-state index contributed by atoms with van der Waals surface area (Å²) < 4.78 is 5.04. The first-order valence-corrected chi connectivity index (χ1v) is 4.70. The van der Waals surface area contributed by atoms with E-state index in [-0.39, 0.29) is 5.78 Å². The Morgan fingerprint density at radius 1 is 1.45 bits per heavy atom. The zero-order chi connectivity index (χ0) is 7.68. The van der Waals surface area contributed by atoms with Gasteiger partial charge in [-0.1, -0.05) is 0 Å². The molecule has 0 saturated carbocycles. The summed E-state index contributed by atoms with van der Waals surface area (Å²) in [4.78, 5) is 12.1. The molecule has 0 bridgehead atoms. The lowest BCUT2D eigenvalue weighted by molar-refractivity contribution is -0.114. The lowest BCUT2D eigenvalue weighted by Gasteiger charge is -2.25. The van der Waals surface area contributed by atoms with Crippen LogP contribution in [0.25, 0.3) is 0 Å². The highest BCUT2D eigenvalue weighted by Crippen LogP contribution is 2.32. The lowest BCUT2D eigenvalue weighted by atomic mass is 10.3. The van der Waals surface area contributed by atoms with Gasteiger partial charge in [-0.15, -0.1) is 11.8 Å². The number of carbonyl (C=O) groups is 1. The van der Waals surface area contributed by atoms with E-state index >= 15 is 0 Å². The maximum absolute atomic E-state index is 10.8. The molecule has 0 atom stereocenters. The number of hydrogen-bond donors (Lipinski definition) is 0. The molecule has 1 heterocycles. The Labute approximate surface area is 70.0 Å². The molecule has 1 saturated heterocycles. The second-order valence-corrected chi connectivity index (χ2v) is 4.28. The van der Waals surface area contributed by atoms with Crippen LogP contribution in [0, 0.1) is 0 Å². The van der Waals surface area contributed by atoms with E-state index in [0.717, 1.165) is 26.1 Å². The second kappa shape index (κ2) is 2.99. The van der Waals surface area contributed by atoms with Gasteiger partial charge in [0.05, 0.1) is 18.5 Å². The van der Waals surface area contributed by atoms with Crippen molar-refractivity contribution >= 4 is 17.5 Å². The Morgan fingerprint density at radius 3 is 2.73 bits per heavy atom. The van der Waals surface area contributed by atoms with Gasteiger partial charge in [0.1, 0.15) is 0 Å². The average molecular weight is 170 g/mol. The smallest absolute Gasteiger partial charge is 0.156 e. The normalized spacial score (nSPS) is 25.1. The van der Waals surface area contributed by atoms with E-state index in [0.29, 0.717) is 5.25 Å². The summed E-state index contributed by atoms with van der Waals surface area (Å²) in [6.07, 6.45) is 3.46. The molecule has 1 aliphatic heterocycles. The summed E-state index contributed by atoms with van der Waals surface area (Å²) >= 11 is 1.81. The Bertz CT molecular complexity index is 206. The van der Waals surface area contributed by atoms with Crippen molar-refractivity contribution < 1.29 is 9.53 Å². The molecule has 2 aliphatic rings. The summed E-state index contributed by atoms with van der Waals surface area (Å²) in [5.41, 5.74) is 0. The largest absolute Gasteiger partial charge is 0.379 e. The van der Waals surface area contributed by atoms with E-state index < -0.39 is 0 Å². The lowest BCUT2D eigenvalue weighted by Crippen LogP contribution is -2.30. The third kappa shape index (κ3) is 1.65. The molecular weight excluding hydrogens is 160 g/mol. The third-order valence-corrected chi connectivity index (χ3v) is 3.10. The monoisotopic (exact) mass is 170 g/mol. The van der Waals surface area contributed by atoms with E-state index in [1.54, 1.807) is 6.08 Å². The number of ketones is 1. The van der Waals surface area contributed by atoms with E-state index in [2.05, 4.69) is 0 Å². The van der Waals surface area contributed by atoms with Crippen LogP contribution in [0.1, 0.15) is 12.8 Å². The molecule has 60 valence electrons. The maximum Gasteiger partial charge on any atom is 0.156 e. The summed E-state index contributed by atoms with van der Waals surface area (Å²) in [6, 6.07) is 0. The first kappa shape index (κ1) is 7.37. The number of ether oxygens (including phenoxy) is 1. The molecule has 0 aromatic carbocycles. The molecule has 1 aliphatic carbocycles. The van der Waals surface area contributed by atoms with Gasteiger partial charge in [-0.25, -0.2) is 0 Å². The molecule has 0 spiro atoms. The fourth-order valence-electron chi connectivity index (χ4n) is 1.16. The van der Waals surface area contributed by atoms with Gasteiger partial charge in [0.25, 0.3) is 0 Å². The van der Waals surface area contributed by atoms with Crippen LogP contribution in [0.5, 0.6) is 0 Å². The van der Waals surface area contributed by atoms with Crippen LogP contribution in [-0.2, 0) is 9.53 Å². The number of thioether (sulfide) groups is 1. The van der Waals surface area contributed by atoms with Crippen molar-refractivity contribution in [3.63, 3.8) is 0 Å². The van der Waals surface area contributed by atoms with Gasteiger partial charge >= 0.3 is 0 Å². The maximum atomic E-state index is 10.8. The van der Waals surface area contributed by atoms with Crippen molar-refractivity contribution in [2.45, 2.75) is 18.1 Å². The molecule has 0 radical (unpaired) electrons. The van der Waals surface area contributed by atoms with Crippen LogP contribution in [0.2, 0.25) is 0 Å². The quantitative estimate of drug-likeness (QED) is 0.626. The zero-order valence-electron chi connectivity index (χ0n) is 6.21. The zero-order valence-corrected chi connectivity index (χ0v) is 7.02. The van der Waals surface area contributed by atoms with Gasteiger partial charge < -0.3 is 4.74 Å². The number of carbonyl (C=O) groups excluding carboxylic acids is 1. The molecule has 2 nitrogen and oxygen atoms in total. The Kier molecular flexibility index (Phi) is 2.00. The van der Waals surface area contributed by atoms with Crippen LogP contribution >= 0.6 is 11.8 Å². The molecular formula is C8H10O2S. The minimum Gasteiger partial charge on any atom is -0.379 e. The van der Waals surface area contributed by atoms with Crippen LogP contribution in [-0.4, -0.2) is 24.2 Å². The first-order valence-electron chi connectivity index (χ1n) is 3.82. The van der Waals surface area contributed by atoms with Crippen molar-refractivity contribution in [1.82, 2.24) is 0 Å². The average Bonchev–Trinajstić information content (AvgIpc) is 2.27. The predicted octanol–water partition coefficient (Wildman–Crippen LogP) is 1.37. The van der Waals surface area contributed by atoms with Gasteiger partial charge in [-0.2, -0.15) is 0 Å². The summed E-state index contributed by atoms with van der Waals surface area (Å²) in [5.74, 6) is 0.285. The van der Waals surface area contributed by atoms with Gasteiger partial charge in [-0.3, -0.25) is 4.79 Å². The van der Waals surface area contributed by atoms with Gasteiger partial charge in [0.2, 0.25) is 0 Å². The van der Waals surface area contributed by atoms with E-state index in [9.17, 15) is 4.79 Å².